The summed E-state index contributed by atoms with van der Waals surface area (Å²) in [5.74, 6) is 2.72. The summed E-state index contributed by atoms with van der Waals surface area (Å²) in [4.78, 5) is 11.1. The van der Waals surface area contributed by atoms with Crippen molar-refractivity contribution in [2.75, 3.05) is 33.2 Å². The minimum Gasteiger partial charge on any atom is -0.461 e. The topological polar surface area (TPSA) is 94.4 Å². The number of rotatable bonds is 6. The maximum absolute atomic E-state index is 5.28. The largest absolute Gasteiger partial charge is 0.461 e. The lowest BCUT2D eigenvalue weighted by Gasteiger charge is -2.26. The van der Waals surface area contributed by atoms with Crippen LogP contribution in [0, 0.1) is 0 Å². The molecule has 1 aliphatic rings. The van der Waals surface area contributed by atoms with Crippen LogP contribution in [0.15, 0.2) is 27.8 Å². The second kappa shape index (κ2) is 8.49. The van der Waals surface area contributed by atoms with Gasteiger partial charge >= 0.3 is 0 Å². The van der Waals surface area contributed by atoms with Crippen molar-refractivity contribution in [1.29, 1.82) is 0 Å². The molecule has 0 radical (unpaired) electrons. The number of piperidine rings is 1. The zero-order valence-corrected chi connectivity index (χ0v) is 14.1. The first-order valence-electron chi connectivity index (χ1n) is 8.47. The van der Waals surface area contributed by atoms with Crippen LogP contribution in [0.2, 0.25) is 0 Å². The standard InChI is InChI=1S/C16H25N7O/c1-17-16(18-7-10-23-8-3-2-4-9-23)19-12-14-20-15(22-21-14)13-6-5-11-24-13/h5-6,11H,2-4,7-10,12H2,1H3,(H2,17,18,19)(H,20,21,22). The average Bonchev–Trinajstić information content (AvgIpc) is 3.30. The Morgan fingerprint density at radius 1 is 1.33 bits per heavy atom. The number of aromatic amines is 1. The van der Waals surface area contributed by atoms with Crippen molar-refractivity contribution in [1.82, 2.24) is 30.7 Å². The molecule has 0 saturated carbocycles. The van der Waals surface area contributed by atoms with Crippen LogP contribution >= 0.6 is 0 Å². The molecule has 3 heterocycles. The number of H-pyrrole nitrogens is 1. The number of aromatic nitrogens is 3. The van der Waals surface area contributed by atoms with Gasteiger partial charge < -0.3 is 20.0 Å². The fourth-order valence-corrected chi connectivity index (χ4v) is 2.79. The van der Waals surface area contributed by atoms with E-state index in [1.54, 1.807) is 13.3 Å². The summed E-state index contributed by atoms with van der Waals surface area (Å²) >= 11 is 0. The lowest BCUT2D eigenvalue weighted by Crippen LogP contribution is -2.42. The Labute approximate surface area is 141 Å². The molecule has 0 unspecified atom stereocenters. The summed E-state index contributed by atoms with van der Waals surface area (Å²) in [7, 11) is 1.77. The predicted octanol–water partition coefficient (Wildman–Crippen LogP) is 1.22. The molecule has 0 amide bonds. The quantitative estimate of drug-likeness (QED) is 0.544. The lowest BCUT2D eigenvalue weighted by molar-refractivity contribution is 0.232. The molecule has 2 aromatic heterocycles. The number of nitrogens with one attached hydrogen (secondary N) is 3. The Balaban J connectivity index is 1.41. The van der Waals surface area contributed by atoms with Crippen LogP contribution < -0.4 is 10.6 Å². The van der Waals surface area contributed by atoms with E-state index >= 15 is 0 Å². The van der Waals surface area contributed by atoms with Gasteiger partial charge in [0, 0.05) is 20.1 Å². The molecule has 8 nitrogen and oxygen atoms in total. The molecule has 3 N–H and O–H groups in total. The maximum atomic E-state index is 5.28. The average molecular weight is 331 g/mol. The first-order valence-corrected chi connectivity index (χ1v) is 8.47. The zero-order valence-electron chi connectivity index (χ0n) is 14.1. The highest BCUT2D eigenvalue weighted by Gasteiger charge is 2.10. The summed E-state index contributed by atoms with van der Waals surface area (Å²) in [6, 6.07) is 3.65. The number of nitrogens with zero attached hydrogens (tertiary/aromatic N) is 4. The minimum atomic E-state index is 0.525. The van der Waals surface area contributed by atoms with E-state index in [9.17, 15) is 0 Å². The Bertz CT molecular complexity index is 629. The number of guanidine groups is 1. The van der Waals surface area contributed by atoms with Crippen LogP contribution in [0.1, 0.15) is 25.1 Å². The highest BCUT2D eigenvalue weighted by molar-refractivity contribution is 5.79. The molecule has 0 bridgehead atoms. The maximum Gasteiger partial charge on any atom is 0.216 e. The summed E-state index contributed by atoms with van der Waals surface area (Å²) in [5.41, 5.74) is 0. The van der Waals surface area contributed by atoms with Crippen LogP contribution in [0.3, 0.4) is 0 Å². The molecule has 1 fully saturated rings. The van der Waals surface area contributed by atoms with Crippen molar-refractivity contribution in [2.24, 2.45) is 4.99 Å². The van der Waals surface area contributed by atoms with Crippen molar-refractivity contribution in [3.63, 3.8) is 0 Å². The first kappa shape index (κ1) is 16.5. The van der Waals surface area contributed by atoms with Crippen LogP contribution in [0.4, 0.5) is 0 Å². The third-order valence-corrected chi connectivity index (χ3v) is 4.09. The molecule has 0 aromatic carbocycles. The third-order valence-electron chi connectivity index (χ3n) is 4.09. The summed E-state index contributed by atoms with van der Waals surface area (Å²) in [6.45, 7) is 4.87. The van der Waals surface area contributed by atoms with Crippen LogP contribution in [0.5, 0.6) is 0 Å². The molecular weight excluding hydrogens is 306 g/mol. The zero-order chi connectivity index (χ0) is 16.6. The van der Waals surface area contributed by atoms with Crippen molar-refractivity contribution in [3.8, 4) is 11.6 Å². The molecule has 2 aromatic rings. The van der Waals surface area contributed by atoms with Gasteiger partial charge in [0.1, 0.15) is 5.82 Å². The molecule has 1 aliphatic heterocycles. The van der Waals surface area contributed by atoms with E-state index in [2.05, 4.69) is 35.7 Å². The fraction of sp³-hybridized carbons (Fsp3) is 0.562. The number of likely N-dealkylation sites (tertiary alicyclic amines) is 1. The Kier molecular flexibility index (Phi) is 5.84. The van der Waals surface area contributed by atoms with E-state index in [0.29, 0.717) is 18.1 Å². The lowest BCUT2D eigenvalue weighted by atomic mass is 10.1. The van der Waals surface area contributed by atoms with Crippen molar-refractivity contribution >= 4 is 5.96 Å². The molecule has 1 saturated heterocycles. The van der Waals surface area contributed by atoms with Crippen LogP contribution in [0.25, 0.3) is 11.6 Å². The highest BCUT2D eigenvalue weighted by atomic mass is 16.3. The van der Waals surface area contributed by atoms with E-state index in [1.165, 1.54) is 32.4 Å². The van der Waals surface area contributed by atoms with E-state index in [1.807, 2.05) is 12.1 Å². The SMILES string of the molecule is CN=C(NCCN1CCCCC1)NCc1nc(-c2ccco2)n[nH]1. The van der Waals surface area contributed by atoms with Gasteiger partial charge in [-0.05, 0) is 38.1 Å². The Morgan fingerprint density at radius 3 is 2.96 bits per heavy atom. The fourth-order valence-electron chi connectivity index (χ4n) is 2.79. The van der Waals surface area contributed by atoms with E-state index < -0.39 is 0 Å². The second-order valence-electron chi connectivity index (χ2n) is 5.84. The van der Waals surface area contributed by atoms with Gasteiger partial charge in [0.05, 0.1) is 12.8 Å². The molecule has 0 atom stereocenters. The van der Waals surface area contributed by atoms with Crippen LogP contribution in [-0.2, 0) is 6.54 Å². The van der Waals surface area contributed by atoms with Gasteiger partial charge in [0.15, 0.2) is 11.7 Å². The van der Waals surface area contributed by atoms with Crippen molar-refractivity contribution < 1.29 is 4.42 Å². The van der Waals surface area contributed by atoms with Gasteiger partial charge in [-0.2, -0.15) is 0 Å². The number of furan rings is 1. The monoisotopic (exact) mass is 331 g/mol. The van der Waals surface area contributed by atoms with Crippen molar-refractivity contribution in [3.05, 3.63) is 24.2 Å². The number of hydrogen-bond acceptors (Lipinski definition) is 5. The van der Waals surface area contributed by atoms with E-state index in [0.717, 1.165) is 24.9 Å². The van der Waals surface area contributed by atoms with Gasteiger partial charge in [-0.25, -0.2) is 4.98 Å². The van der Waals surface area contributed by atoms with Gasteiger partial charge in [0.25, 0.3) is 0 Å². The van der Waals surface area contributed by atoms with Gasteiger partial charge in [-0.1, -0.05) is 6.42 Å². The molecule has 24 heavy (non-hydrogen) atoms. The van der Waals surface area contributed by atoms with Crippen LogP contribution in [-0.4, -0.2) is 59.3 Å². The minimum absolute atomic E-state index is 0.525. The smallest absolute Gasteiger partial charge is 0.216 e. The Hall–Kier alpha value is -2.35. The molecule has 130 valence electrons. The summed E-state index contributed by atoms with van der Waals surface area (Å²) in [5, 5.41) is 13.6. The highest BCUT2D eigenvalue weighted by Crippen LogP contribution is 2.14. The molecule has 3 rings (SSSR count). The third kappa shape index (κ3) is 4.58. The number of aliphatic imine (C=N–C) groups is 1. The van der Waals surface area contributed by atoms with Crippen molar-refractivity contribution in [2.45, 2.75) is 25.8 Å². The molecule has 0 spiro atoms. The van der Waals surface area contributed by atoms with E-state index in [4.69, 9.17) is 4.42 Å². The normalized spacial score (nSPS) is 16.3. The predicted molar refractivity (Wildman–Crippen MR) is 92.6 cm³/mol. The summed E-state index contributed by atoms with van der Waals surface area (Å²) < 4.78 is 5.28. The van der Waals surface area contributed by atoms with Gasteiger partial charge in [0.2, 0.25) is 5.82 Å². The first-order chi connectivity index (χ1) is 11.8. The number of hydrogen-bond donors (Lipinski definition) is 3. The van der Waals surface area contributed by atoms with Gasteiger partial charge in [-0.15, -0.1) is 5.10 Å². The summed E-state index contributed by atoms with van der Waals surface area (Å²) in [6.07, 6.45) is 5.61. The van der Waals surface area contributed by atoms with Gasteiger partial charge in [-0.3, -0.25) is 10.1 Å². The molecular formula is C16H25N7O. The van der Waals surface area contributed by atoms with E-state index in [-0.39, 0.29) is 0 Å². The Morgan fingerprint density at radius 2 is 2.21 bits per heavy atom. The second-order valence-corrected chi connectivity index (χ2v) is 5.84. The molecule has 0 aliphatic carbocycles. The molecule has 8 heteroatoms.